The van der Waals surface area contributed by atoms with E-state index in [1.165, 1.54) is 6.07 Å². The molecule has 1 aliphatic carbocycles. The number of anilines is 1. The van der Waals surface area contributed by atoms with Crippen LogP contribution in [0.3, 0.4) is 0 Å². The van der Waals surface area contributed by atoms with Crippen LogP contribution >= 0.6 is 15.9 Å². The third-order valence-corrected chi connectivity index (χ3v) is 4.75. The van der Waals surface area contributed by atoms with Gasteiger partial charge in [0.15, 0.2) is 0 Å². The van der Waals surface area contributed by atoms with Crippen LogP contribution in [0.1, 0.15) is 31.2 Å². The Morgan fingerprint density at radius 2 is 2.10 bits per heavy atom. The number of hydrogen-bond donors (Lipinski definition) is 3. The molecule has 0 aliphatic heterocycles. The summed E-state index contributed by atoms with van der Waals surface area (Å²) in [6.45, 7) is 2.15. The van der Waals surface area contributed by atoms with E-state index in [4.69, 9.17) is 5.11 Å². The first-order valence-corrected chi connectivity index (χ1v) is 7.75. The van der Waals surface area contributed by atoms with Gasteiger partial charge in [0.2, 0.25) is 0 Å². The maximum atomic E-state index is 13.5. The molecule has 0 aromatic heterocycles. The molecular weight excluding hydrogens is 341 g/mol. The van der Waals surface area contributed by atoms with E-state index in [1.54, 1.807) is 6.07 Å². The van der Waals surface area contributed by atoms with Gasteiger partial charge in [-0.2, -0.15) is 0 Å². The molecule has 6 heteroatoms. The molecule has 2 rings (SSSR count). The lowest BCUT2D eigenvalue weighted by molar-refractivity contribution is -0.144. The molecule has 3 N–H and O–H groups in total. The van der Waals surface area contributed by atoms with Gasteiger partial charge >= 0.3 is 5.97 Å². The fourth-order valence-corrected chi connectivity index (χ4v) is 3.13. The number of aliphatic hydroxyl groups is 1. The predicted molar refractivity (Wildman–Crippen MR) is 81.9 cm³/mol. The first-order valence-electron chi connectivity index (χ1n) is 6.95. The highest BCUT2D eigenvalue weighted by Gasteiger charge is 2.35. The van der Waals surface area contributed by atoms with Crippen molar-refractivity contribution in [2.45, 2.75) is 38.2 Å². The first-order chi connectivity index (χ1) is 9.81. The summed E-state index contributed by atoms with van der Waals surface area (Å²) < 4.78 is 14.0. The van der Waals surface area contributed by atoms with Crippen molar-refractivity contribution < 1.29 is 19.4 Å². The van der Waals surface area contributed by atoms with Crippen LogP contribution in [0, 0.1) is 18.7 Å². The van der Waals surface area contributed by atoms with Crippen LogP contribution < -0.4 is 5.32 Å². The lowest BCUT2D eigenvalue weighted by Crippen LogP contribution is -2.41. The zero-order valence-corrected chi connectivity index (χ0v) is 13.4. The number of rotatable bonds is 4. The molecular formula is C15H19BrFNO3. The van der Waals surface area contributed by atoms with E-state index < -0.39 is 11.6 Å². The molecule has 116 valence electrons. The molecule has 0 atom stereocenters. The SMILES string of the molecule is Cc1cc(Br)c(F)cc1NCC1(O)CCC(C(=O)O)CC1. The van der Waals surface area contributed by atoms with Crippen molar-refractivity contribution in [3.8, 4) is 0 Å². The molecule has 0 radical (unpaired) electrons. The minimum atomic E-state index is -0.929. The maximum absolute atomic E-state index is 13.5. The number of carboxylic acids is 1. The van der Waals surface area contributed by atoms with Crippen molar-refractivity contribution in [3.63, 3.8) is 0 Å². The summed E-state index contributed by atoms with van der Waals surface area (Å²) in [5, 5.41) is 22.5. The Morgan fingerprint density at radius 1 is 1.48 bits per heavy atom. The van der Waals surface area contributed by atoms with Gasteiger partial charge in [-0.1, -0.05) is 0 Å². The molecule has 21 heavy (non-hydrogen) atoms. The van der Waals surface area contributed by atoms with Crippen molar-refractivity contribution in [3.05, 3.63) is 28.0 Å². The molecule has 1 aromatic carbocycles. The van der Waals surface area contributed by atoms with Gasteiger partial charge in [-0.25, -0.2) is 4.39 Å². The fourth-order valence-electron chi connectivity index (χ4n) is 2.68. The molecule has 0 bridgehead atoms. The van der Waals surface area contributed by atoms with Crippen molar-refractivity contribution in [1.29, 1.82) is 0 Å². The number of aryl methyl sites for hydroxylation is 1. The Kier molecular flexibility index (Phi) is 4.88. The predicted octanol–water partition coefficient (Wildman–Crippen LogP) is 3.31. The monoisotopic (exact) mass is 359 g/mol. The average Bonchev–Trinajstić information content (AvgIpc) is 2.42. The van der Waals surface area contributed by atoms with Crippen molar-refractivity contribution in [2.75, 3.05) is 11.9 Å². The highest BCUT2D eigenvalue weighted by atomic mass is 79.9. The highest BCUT2D eigenvalue weighted by molar-refractivity contribution is 9.10. The number of nitrogens with one attached hydrogen (secondary N) is 1. The second-order valence-electron chi connectivity index (χ2n) is 5.77. The lowest BCUT2D eigenvalue weighted by Gasteiger charge is -2.35. The average molecular weight is 360 g/mol. The molecule has 0 amide bonds. The largest absolute Gasteiger partial charge is 0.481 e. The Labute approximate surface area is 131 Å². The molecule has 0 unspecified atom stereocenters. The van der Waals surface area contributed by atoms with Gasteiger partial charge in [-0.15, -0.1) is 0 Å². The standard InChI is InChI=1S/C15H19BrFNO3/c1-9-6-11(16)12(17)7-13(9)18-8-15(21)4-2-10(3-5-15)14(19)20/h6-7,10,18,21H,2-5,8H2,1H3,(H,19,20). The van der Waals surface area contributed by atoms with Crippen LogP contribution in [-0.2, 0) is 4.79 Å². The van der Waals surface area contributed by atoms with Crippen molar-refractivity contribution >= 4 is 27.6 Å². The number of halogens is 2. The van der Waals surface area contributed by atoms with E-state index in [1.807, 2.05) is 6.92 Å². The maximum Gasteiger partial charge on any atom is 0.306 e. The van der Waals surface area contributed by atoms with Gasteiger partial charge in [0, 0.05) is 12.2 Å². The third kappa shape index (κ3) is 3.95. The summed E-state index contributed by atoms with van der Waals surface area (Å²) in [4.78, 5) is 10.9. The summed E-state index contributed by atoms with van der Waals surface area (Å²) in [5.41, 5.74) is 0.595. The van der Waals surface area contributed by atoms with Gasteiger partial charge < -0.3 is 15.5 Å². The normalized spacial score (nSPS) is 25.6. The van der Waals surface area contributed by atoms with Gasteiger partial charge in [-0.3, -0.25) is 4.79 Å². The Bertz CT molecular complexity index is 542. The zero-order chi connectivity index (χ0) is 15.6. The number of carboxylic acid groups (broad SMARTS) is 1. The summed E-state index contributed by atoms with van der Waals surface area (Å²) in [6.07, 6.45) is 1.83. The van der Waals surface area contributed by atoms with Gasteiger partial charge in [0.05, 0.1) is 16.0 Å². The lowest BCUT2D eigenvalue weighted by atomic mass is 9.79. The van der Waals surface area contributed by atoms with Crippen LogP contribution in [0.25, 0.3) is 0 Å². The number of carbonyl (C=O) groups is 1. The van der Waals surface area contributed by atoms with Gasteiger partial charge in [0.1, 0.15) is 5.82 Å². The Balaban J connectivity index is 1.97. The van der Waals surface area contributed by atoms with E-state index >= 15 is 0 Å². The topological polar surface area (TPSA) is 69.6 Å². The van der Waals surface area contributed by atoms with E-state index in [-0.39, 0.29) is 11.7 Å². The second-order valence-corrected chi connectivity index (χ2v) is 6.63. The van der Waals surface area contributed by atoms with Gasteiger partial charge in [0.25, 0.3) is 0 Å². The summed E-state index contributed by atoms with van der Waals surface area (Å²) in [6, 6.07) is 3.08. The van der Waals surface area contributed by atoms with Crippen LogP contribution in [0.5, 0.6) is 0 Å². The van der Waals surface area contributed by atoms with E-state index in [0.717, 1.165) is 5.56 Å². The van der Waals surface area contributed by atoms with Crippen LogP contribution in [-0.4, -0.2) is 28.3 Å². The van der Waals surface area contributed by atoms with Crippen molar-refractivity contribution in [1.82, 2.24) is 0 Å². The smallest absolute Gasteiger partial charge is 0.306 e. The molecule has 0 saturated heterocycles. The molecule has 0 spiro atoms. The van der Waals surface area contributed by atoms with Crippen LogP contribution in [0.15, 0.2) is 16.6 Å². The summed E-state index contributed by atoms with van der Waals surface area (Å²) >= 11 is 3.13. The van der Waals surface area contributed by atoms with Crippen molar-refractivity contribution in [2.24, 2.45) is 5.92 Å². The minimum Gasteiger partial charge on any atom is -0.481 e. The van der Waals surface area contributed by atoms with Gasteiger partial charge in [-0.05, 0) is 66.2 Å². The van der Waals surface area contributed by atoms with Crippen LogP contribution in [0.4, 0.5) is 10.1 Å². The molecule has 1 aromatic rings. The molecule has 4 nitrogen and oxygen atoms in total. The Morgan fingerprint density at radius 3 is 2.67 bits per heavy atom. The number of benzene rings is 1. The third-order valence-electron chi connectivity index (χ3n) is 4.14. The summed E-state index contributed by atoms with van der Waals surface area (Å²) in [7, 11) is 0. The number of hydrogen-bond acceptors (Lipinski definition) is 3. The first kappa shape index (κ1) is 16.2. The second kappa shape index (κ2) is 6.32. The quantitative estimate of drug-likeness (QED) is 0.771. The molecule has 1 fully saturated rings. The molecule has 0 heterocycles. The zero-order valence-electron chi connectivity index (χ0n) is 11.8. The minimum absolute atomic E-state index is 0.293. The van der Waals surface area contributed by atoms with E-state index in [2.05, 4.69) is 21.2 Å². The molecule has 1 aliphatic rings. The van der Waals surface area contributed by atoms with Crippen LogP contribution in [0.2, 0.25) is 0 Å². The molecule has 1 saturated carbocycles. The Hall–Kier alpha value is -1.14. The summed E-state index contributed by atoms with van der Waals surface area (Å²) in [5.74, 6) is -1.52. The number of aliphatic carboxylic acids is 1. The van der Waals surface area contributed by atoms with E-state index in [0.29, 0.717) is 42.4 Å². The fraction of sp³-hybridized carbons (Fsp3) is 0.533. The van der Waals surface area contributed by atoms with E-state index in [9.17, 15) is 14.3 Å². The highest BCUT2D eigenvalue weighted by Crippen LogP contribution is 2.33.